The number of methoxy groups -OCH3 is 1. The smallest absolute Gasteiger partial charge is 0.287 e. The van der Waals surface area contributed by atoms with Gasteiger partial charge in [-0.1, -0.05) is 18.2 Å². The predicted molar refractivity (Wildman–Crippen MR) is 89.9 cm³/mol. The third-order valence-electron chi connectivity index (χ3n) is 3.98. The quantitative estimate of drug-likeness (QED) is 0.774. The molecule has 1 N–H and O–H groups in total. The number of fused-ring (bicyclic) bond motifs is 1. The molecule has 0 aliphatic rings. The molecule has 0 aliphatic heterocycles. The summed E-state index contributed by atoms with van der Waals surface area (Å²) in [7, 11) is 1.62. The third-order valence-corrected chi connectivity index (χ3v) is 3.98. The first-order valence-electron chi connectivity index (χ1n) is 7.69. The molecule has 5 heteroatoms. The molecule has 0 fully saturated rings. The van der Waals surface area contributed by atoms with Crippen LogP contribution in [0.2, 0.25) is 0 Å². The fourth-order valence-corrected chi connectivity index (χ4v) is 2.71. The summed E-state index contributed by atoms with van der Waals surface area (Å²) in [5.41, 5.74) is 2.16. The Morgan fingerprint density at radius 2 is 2.04 bits per heavy atom. The van der Waals surface area contributed by atoms with Gasteiger partial charge in [-0.25, -0.2) is 4.39 Å². The zero-order valence-electron chi connectivity index (χ0n) is 13.6. The molecule has 1 amide bonds. The van der Waals surface area contributed by atoms with Crippen LogP contribution < -0.4 is 10.1 Å². The summed E-state index contributed by atoms with van der Waals surface area (Å²) in [5, 5.41) is 3.45. The predicted octanol–water partition coefficient (Wildman–Crippen LogP) is 3.86. The van der Waals surface area contributed by atoms with E-state index in [9.17, 15) is 9.18 Å². The van der Waals surface area contributed by atoms with E-state index in [1.165, 1.54) is 18.2 Å². The number of carbonyl (C=O) groups is 1. The number of rotatable bonds is 5. The lowest BCUT2D eigenvalue weighted by molar-refractivity contribution is 0.0927. The fourth-order valence-electron chi connectivity index (χ4n) is 2.71. The van der Waals surface area contributed by atoms with Crippen LogP contribution in [0.25, 0.3) is 11.0 Å². The molecule has 1 heterocycles. The van der Waals surface area contributed by atoms with Crippen molar-refractivity contribution in [3.63, 3.8) is 0 Å². The van der Waals surface area contributed by atoms with Gasteiger partial charge in [0, 0.05) is 17.5 Å². The van der Waals surface area contributed by atoms with Gasteiger partial charge in [0.2, 0.25) is 0 Å². The number of ether oxygens (including phenoxy) is 1. The second kappa shape index (κ2) is 6.74. The van der Waals surface area contributed by atoms with Crippen LogP contribution in [-0.4, -0.2) is 19.6 Å². The van der Waals surface area contributed by atoms with E-state index in [4.69, 9.17) is 9.15 Å². The van der Waals surface area contributed by atoms with Crippen LogP contribution >= 0.6 is 0 Å². The summed E-state index contributed by atoms with van der Waals surface area (Å²) in [6.45, 7) is 2.20. The third kappa shape index (κ3) is 3.11. The number of carbonyl (C=O) groups excluding carboxylic acids is 1. The summed E-state index contributed by atoms with van der Waals surface area (Å²) in [6.07, 6.45) is 0.643. The lowest BCUT2D eigenvalue weighted by Crippen LogP contribution is -2.25. The van der Waals surface area contributed by atoms with Gasteiger partial charge in [0.15, 0.2) is 5.76 Å². The number of benzene rings is 2. The van der Waals surface area contributed by atoms with Gasteiger partial charge in [-0.15, -0.1) is 0 Å². The summed E-state index contributed by atoms with van der Waals surface area (Å²) >= 11 is 0. The number of furan rings is 1. The maximum Gasteiger partial charge on any atom is 0.287 e. The molecule has 2 aromatic carbocycles. The van der Waals surface area contributed by atoms with Gasteiger partial charge in [0.05, 0.1) is 7.11 Å². The second-order valence-corrected chi connectivity index (χ2v) is 5.51. The van der Waals surface area contributed by atoms with Crippen molar-refractivity contribution < 1.29 is 18.3 Å². The molecule has 0 saturated carbocycles. The first-order chi connectivity index (χ1) is 11.6. The van der Waals surface area contributed by atoms with Gasteiger partial charge < -0.3 is 14.5 Å². The minimum Gasteiger partial charge on any atom is -0.496 e. The van der Waals surface area contributed by atoms with Gasteiger partial charge in [0.1, 0.15) is 17.1 Å². The van der Waals surface area contributed by atoms with Crippen molar-refractivity contribution >= 4 is 16.9 Å². The topological polar surface area (TPSA) is 51.5 Å². The Hall–Kier alpha value is -2.82. The molecule has 0 saturated heterocycles. The Morgan fingerprint density at radius 1 is 1.25 bits per heavy atom. The van der Waals surface area contributed by atoms with Crippen molar-refractivity contribution in [1.82, 2.24) is 5.32 Å². The fraction of sp³-hybridized carbons (Fsp3) is 0.211. The molecular formula is C19H18FNO3. The average molecular weight is 327 g/mol. The van der Waals surface area contributed by atoms with E-state index in [1.807, 2.05) is 24.3 Å². The van der Waals surface area contributed by atoms with E-state index in [1.54, 1.807) is 14.0 Å². The maximum atomic E-state index is 13.3. The molecule has 0 bridgehead atoms. The number of aryl methyl sites for hydroxylation is 1. The first kappa shape index (κ1) is 16.1. The molecule has 1 aromatic heterocycles. The highest BCUT2D eigenvalue weighted by atomic mass is 19.1. The van der Waals surface area contributed by atoms with Crippen LogP contribution in [0.4, 0.5) is 4.39 Å². The van der Waals surface area contributed by atoms with Gasteiger partial charge in [-0.05, 0) is 43.2 Å². The molecule has 24 heavy (non-hydrogen) atoms. The van der Waals surface area contributed by atoms with E-state index in [2.05, 4.69) is 5.32 Å². The van der Waals surface area contributed by atoms with Crippen LogP contribution in [0, 0.1) is 12.7 Å². The Labute approximate surface area is 139 Å². The standard InChI is InChI=1S/C19H18FNO3/c1-12-15-11-14(20)7-8-17(15)24-18(12)19(22)21-10-9-13-5-3-4-6-16(13)23-2/h3-8,11H,9-10H2,1-2H3,(H,21,22). The number of halogens is 1. The second-order valence-electron chi connectivity index (χ2n) is 5.51. The van der Waals surface area contributed by atoms with E-state index >= 15 is 0 Å². The SMILES string of the molecule is COc1ccccc1CCNC(=O)c1oc2ccc(F)cc2c1C. The van der Waals surface area contributed by atoms with Crippen molar-refractivity contribution in [1.29, 1.82) is 0 Å². The van der Waals surface area contributed by atoms with Crippen LogP contribution in [0.3, 0.4) is 0 Å². The highest BCUT2D eigenvalue weighted by Crippen LogP contribution is 2.26. The number of hydrogen-bond acceptors (Lipinski definition) is 3. The van der Waals surface area contributed by atoms with Crippen LogP contribution in [-0.2, 0) is 6.42 Å². The van der Waals surface area contributed by atoms with Crippen molar-refractivity contribution in [2.45, 2.75) is 13.3 Å². The van der Waals surface area contributed by atoms with Crippen molar-refractivity contribution in [3.8, 4) is 5.75 Å². The maximum absolute atomic E-state index is 13.3. The van der Waals surface area contributed by atoms with Gasteiger partial charge in [-0.3, -0.25) is 4.79 Å². The normalized spacial score (nSPS) is 10.8. The lowest BCUT2D eigenvalue weighted by atomic mass is 10.1. The van der Waals surface area contributed by atoms with Gasteiger partial charge in [-0.2, -0.15) is 0 Å². The summed E-state index contributed by atoms with van der Waals surface area (Å²) in [6, 6.07) is 11.9. The minimum absolute atomic E-state index is 0.218. The molecule has 0 spiro atoms. The number of hydrogen-bond donors (Lipinski definition) is 1. The number of para-hydroxylation sites is 1. The summed E-state index contributed by atoms with van der Waals surface area (Å²) < 4.78 is 24.2. The monoisotopic (exact) mass is 327 g/mol. The Kier molecular flexibility index (Phi) is 4.51. The summed E-state index contributed by atoms with van der Waals surface area (Å²) in [4.78, 5) is 12.3. The molecule has 0 radical (unpaired) electrons. The zero-order chi connectivity index (χ0) is 17.1. The summed E-state index contributed by atoms with van der Waals surface area (Å²) in [5.74, 6) is 0.353. The van der Waals surface area contributed by atoms with E-state index < -0.39 is 0 Å². The molecular weight excluding hydrogens is 309 g/mol. The Morgan fingerprint density at radius 3 is 2.83 bits per heavy atom. The average Bonchev–Trinajstić information content (AvgIpc) is 2.92. The zero-order valence-corrected chi connectivity index (χ0v) is 13.6. The van der Waals surface area contributed by atoms with Crippen molar-refractivity contribution in [2.24, 2.45) is 0 Å². The molecule has 0 unspecified atom stereocenters. The number of nitrogens with one attached hydrogen (secondary N) is 1. The van der Waals surface area contributed by atoms with Gasteiger partial charge in [0.25, 0.3) is 5.91 Å². The first-order valence-corrected chi connectivity index (χ1v) is 7.69. The van der Waals surface area contributed by atoms with Crippen LogP contribution in [0.15, 0.2) is 46.9 Å². The van der Waals surface area contributed by atoms with E-state index in [0.717, 1.165) is 11.3 Å². The highest BCUT2D eigenvalue weighted by Gasteiger charge is 2.17. The van der Waals surface area contributed by atoms with Crippen molar-refractivity contribution in [3.05, 3.63) is 65.2 Å². The lowest BCUT2D eigenvalue weighted by Gasteiger charge is -2.08. The molecule has 3 rings (SSSR count). The number of amides is 1. The molecule has 0 aliphatic carbocycles. The Balaban J connectivity index is 1.70. The van der Waals surface area contributed by atoms with Gasteiger partial charge >= 0.3 is 0 Å². The minimum atomic E-state index is -0.352. The highest BCUT2D eigenvalue weighted by molar-refractivity contribution is 5.98. The van der Waals surface area contributed by atoms with Crippen molar-refractivity contribution in [2.75, 3.05) is 13.7 Å². The molecule has 0 atom stereocenters. The largest absolute Gasteiger partial charge is 0.496 e. The molecule has 124 valence electrons. The van der Waals surface area contributed by atoms with E-state index in [0.29, 0.717) is 29.5 Å². The van der Waals surface area contributed by atoms with Crippen LogP contribution in [0.5, 0.6) is 5.75 Å². The Bertz CT molecular complexity index is 885. The van der Waals surface area contributed by atoms with Crippen LogP contribution in [0.1, 0.15) is 21.7 Å². The molecule has 3 aromatic rings. The van der Waals surface area contributed by atoms with E-state index in [-0.39, 0.29) is 17.5 Å². The molecule has 4 nitrogen and oxygen atoms in total.